The predicted octanol–water partition coefficient (Wildman–Crippen LogP) is 3.58. The molecular formula is C16H17NO. The Labute approximate surface area is 108 Å². The van der Waals surface area contributed by atoms with Crippen LogP contribution in [0.5, 0.6) is 0 Å². The Kier molecular flexibility index (Phi) is 3.47. The topological polar surface area (TPSA) is 29.1 Å². The van der Waals surface area contributed by atoms with Crippen LogP contribution in [0.15, 0.2) is 42.5 Å². The van der Waals surface area contributed by atoms with E-state index in [1.807, 2.05) is 63.4 Å². The molecule has 0 heterocycles. The van der Waals surface area contributed by atoms with Crippen molar-refractivity contribution in [2.45, 2.75) is 13.8 Å². The summed E-state index contributed by atoms with van der Waals surface area (Å²) in [6.45, 7) is 3.97. The molecule has 0 amide bonds. The molecule has 92 valence electrons. The first-order chi connectivity index (χ1) is 8.61. The van der Waals surface area contributed by atoms with Gasteiger partial charge in [0.15, 0.2) is 5.78 Å². The summed E-state index contributed by atoms with van der Waals surface area (Å²) in [5.74, 6) is 0.0823. The fraction of sp³-hybridized carbons (Fsp3) is 0.188. The summed E-state index contributed by atoms with van der Waals surface area (Å²) in [5, 5.41) is 3.04. The molecule has 0 saturated heterocycles. The zero-order valence-corrected chi connectivity index (χ0v) is 10.9. The molecule has 2 aromatic rings. The van der Waals surface area contributed by atoms with Gasteiger partial charge in [0.25, 0.3) is 0 Å². The minimum Gasteiger partial charge on any atom is -0.388 e. The molecule has 2 nitrogen and oxygen atoms in total. The van der Waals surface area contributed by atoms with E-state index in [-0.39, 0.29) is 5.78 Å². The Bertz CT molecular complexity index is 570. The van der Waals surface area contributed by atoms with Crippen molar-refractivity contribution in [2.24, 2.45) is 0 Å². The van der Waals surface area contributed by atoms with Crippen molar-refractivity contribution >= 4 is 11.5 Å². The number of ketones is 1. The molecule has 0 radical (unpaired) electrons. The van der Waals surface area contributed by atoms with Crippen LogP contribution in [0.25, 0.3) is 0 Å². The standard InChI is InChI=1S/C16H17NO/c1-11-4-5-12(2)15(10-11)16(18)13-6-8-14(17-3)9-7-13/h4-10,17H,1-3H3. The Morgan fingerprint density at radius 2 is 1.67 bits per heavy atom. The van der Waals surface area contributed by atoms with Gasteiger partial charge in [0.2, 0.25) is 0 Å². The van der Waals surface area contributed by atoms with Gasteiger partial charge < -0.3 is 5.32 Å². The molecule has 0 aliphatic rings. The average Bonchev–Trinajstić information content (AvgIpc) is 2.41. The van der Waals surface area contributed by atoms with Gasteiger partial charge in [0.05, 0.1) is 0 Å². The highest BCUT2D eigenvalue weighted by Crippen LogP contribution is 2.17. The molecule has 0 saturated carbocycles. The van der Waals surface area contributed by atoms with E-state index in [9.17, 15) is 4.79 Å². The second-order valence-corrected chi connectivity index (χ2v) is 4.47. The molecule has 0 atom stereocenters. The van der Waals surface area contributed by atoms with Crippen molar-refractivity contribution in [3.63, 3.8) is 0 Å². The van der Waals surface area contributed by atoms with E-state index in [0.717, 1.165) is 27.9 Å². The number of carbonyl (C=O) groups is 1. The van der Waals surface area contributed by atoms with Gasteiger partial charge in [-0.25, -0.2) is 0 Å². The van der Waals surface area contributed by atoms with Crippen molar-refractivity contribution in [1.29, 1.82) is 0 Å². The molecule has 0 aromatic heterocycles. The number of nitrogens with one attached hydrogen (secondary N) is 1. The molecule has 0 spiro atoms. The summed E-state index contributed by atoms with van der Waals surface area (Å²) in [6, 6.07) is 13.5. The molecule has 0 bridgehead atoms. The van der Waals surface area contributed by atoms with E-state index in [4.69, 9.17) is 0 Å². The molecule has 2 aromatic carbocycles. The Morgan fingerprint density at radius 1 is 1.00 bits per heavy atom. The van der Waals surface area contributed by atoms with Crippen LogP contribution in [-0.4, -0.2) is 12.8 Å². The van der Waals surface area contributed by atoms with Crippen LogP contribution in [0.4, 0.5) is 5.69 Å². The third-order valence-corrected chi connectivity index (χ3v) is 3.07. The number of anilines is 1. The zero-order valence-electron chi connectivity index (χ0n) is 10.9. The third kappa shape index (κ3) is 2.43. The number of aryl methyl sites for hydroxylation is 2. The van der Waals surface area contributed by atoms with E-state index in [2.05, 4.69) is 5.32 Å². The lowest BCUT2D eigenvalue weighted by atomic mass is 9.97. The molecule has 1 N–H and O–H groups in total. The maximum Gasteiger partial charge on any atom is 0.193 e. The maximum absolute atomic E-state index is 12.4. The Balaban J connectivity index is 2.38. The van der Waals surface area contributed by atoms with E-state index >= 15 is 0 Å². The monoisotopic (exact) mass is 239 g/mol. The minimum atomic E-state index is 0.0823. The first kappa shape index (κ1) is 12.4. The highest BCUT2D eigenvalue weighted by atomic mass is 16.1. The highest BCUT2D eigenvalue weighted by molar-refractivity contribution is 6.10. The summed E-state index contributed by atoms with van der Waals surface area (Å²) < 4.78 is 0. The van der Waals surface area contributed by atoms with Crippen LogP contribution in [-0.2, 0) is 0 Å². The smallest absolute Gasteiger partial charge is 0.193 e. The summed E-state index contributed by atoms with van der Waals surface area (Å²) >= 11 is 0. The van der Waals surface area contributed by atoms with E-state index in [1.165, 1.54) is 0 Å². The molecule has 0 aliphatic heterocycles. The maximum atomic E-state index is 12.4. The second kappa shape index (κ2) is 5.05. The fourth-order valence-electron chi connectivity index (χ4n) is 1.92. The number of benzene rings is 2. The molecule has 0 aliphatic carbocycles. The summed E-state index contributed by atoms with van der Waals surface area (Å²) in [6.07, 6.45) is 0. The van der Waals surface area contributed by atoms with Crippen molar-refractivity contribution in [3.8, 4) is 0 Å². The molecular weight excluding hydrogens is 222 g/mol. The first-order valence-corrected chi connectivity index (χ1v) is 6.01. The van der Waals surface area contributed by atoms with Crippen LogP contribution >= 0.6 is 0 Å². The summed E-state index contributed by atoms with van der Waals surface area (Å²) in [7, 11) is 1.86. The molecule has 0 fully saturated rings. The van der Waals surface area contributed by atoms with E-state index in [0.29, 0.717) is 0 Å². The quantitative estimate of drug-likeness (QED) is 0.829. The van der Waals surface area contributed by atoms with Gasteiger partial charge in [0, 0.05) is 23.9 Å². The molecule has 2 rings (SSSR count). The Morgan fingerprint density at radius 3 is 2.28 bits per heavy atom. The largest absolute Gasteiger partial charge is 0.388 e. The number of carbonyl (C=O) groups excluding carboxylic acids is 1. The lowest BCUT2D eigenvalue weighted by Crippen LogP contribution is -2.04. The van der Waals surface area contributed by atoms with E-state index in [1.54, 1.807) is 0 Å². The average molecular weight is 239 g/mol. The Hall–Kier alpha value is -2.09. The van der Waals surface area contributed by atoms with Crippen LogP contribution in [0.3, 0.4) is 0 Å². The lowest BCUT2D eigenvalue weighted by molar-refractivity contribution is 0.103. The molecule has 2 heteroatoms. The van der Waals surface area contributed by atoms with Crippen molar-refractivity contribution in [1.82, 2.24) is 0 Å². The van der Waals surface area contributed by atoms with Crippen LogP contribution < -0.4 is 5.32 Å². The second-order valence-electron chi connectivity index (χ2n) is 4.47. The third-order valence-electron chi connectivity index (χ3n) is 3.07. The molecule has 0 unspecified atom stereocenters. The normalized spacial score (nSPS) is 10.2. The predicted molar refractivity (Wildman–Crippen MR) is 75.3 cm³/mol. The van der Waals surface area contributed by atoms with Gasteiger partial charge in [-0.3, -0.25) is 4.79 Å². The van der Waals surface area contributed by atoms with Gasteiger partial charge in [-0.1, -0.05) is 17.7 Å². The van der Waals surface area contributed by atoms with Gasteiger partial charge in [0.1, 0.15) is 0 Å². The molecule has 18 heavy (non-hydrogen) atoms. The first-order valence-electron chi connectivity index (χ1n) is 6.01. The highest BCUT2D eigenvalue weighted by Gasteiger charge is 2.11. The van der Waals surface area contributed by atoms with Crippen molar-refractivity contribution < 1.29 is 4.79 Å². The van der Waals surface area contributed by atoms with Crippen LogP contribution in [0, 0.1) is 13.8 Å². The van der Waals surface area contributed by atoms with Gasteiger partial charge >= 0.3 is 0 Å². The van der Waals surface area contributed by atoms with E-state index < -0.39 is 0 Å². The van der Waals surface area contributed by atoms with Crippen LogP contribution in [0.1, 0.15) is 27.0 Å². The van der Waals surface area contributed by atoms with Crippen LogP contribution in [0.2, 0.25) is 0 Å². The van der Waals surface area contributed by atoms with Gasteiger partial charge in [-0.2, -0.15) is 0 Å². The van der Waals surface area contributed by atoms with Crippen molar-refractivity contribution in [3.05, 3.63) is 64.7 Å². The van der Waals surface area contributed by atoms with Gasteiger partial charge in [-0.05, 0) is 49.7 Å². The number of rotatable bonds is 3. The van der Waals surface area contributed by atoms with Gasteiger partial charge in [-0.15, -0.1) is 0 Å². The van der Waals surface area contributed by atoms with Crippen molar-refractivity contribution in [2.75, 3.05) is 12.4 Å². The lowest BCUT2D eigenvalue weighted by Gasteiger charge is -2.07. The SMILES string of the molecule is CNc1ccc(C(=O)c2cc(C)ccc2C)cc1. The number of hydrogen-bond donors (Lipinski definition) is 1. The fourth-order valence-corrected chi connectivity index (χ4v) is 1.92. The zero-order chi connectivity index (χ0) is 13.1. The summed E-state index contributed by atoms with van der Waals surface area (Å²) in [5.41, 5.74) is 4.64. The summed E-state index contributed by atoms with van der Waals surface area (Å²) in [4.78, 5) is 12.4. The number of hydrogen-bond acceptors (Lipinski definition) is 2. The minimum absolute atomic E-state index is 0.0823.